The first-order chi connectivity index (χ1) is 15.0. The van der Waals surface area contributed by atoms with Crippen molar-refractivity contribution in [3.63, 3.8) is 0 Å². The average molecular weight is 466 g/mol. The van der Waals surface area contributed by atoms with Gasteiger partial charge in [0, 0.05) is 16.3 Å². The van der Waals surface area contributed by atoms with Crippen molar-refractivity contribution in [3.05, 3.63) is 36.4 Å². The Balaban J connectivity index is 1.82. The van der Waals surface area contributed by atoms with Gasteiger partial charge in [-0.2, -0.15) is 3.71 Å². The van der Waals surface area contributed by atoms with Gasteiger partial charge in [-0.25, -0.2) is 0 Å². The summed E-state index contributed by atoms with van der Waals surface area (Å²) in [6.07, 6.45) is 12.7. The fraction of sp³-hybridized carbons (Fsp3) is 0.500. The van der Waals surface area contributed by atoms with Crippen molar-refractivity contribution >= 4 is 23.9 Å². The van der Waals surface area contributed by atoms with Gasteiger partial charge in [-0.15, -0.1) is 0 Å². The van der Waals surface area contributed by atoms with Crippen LogP contribution in [-0.2, 0) is 0 Å². The van der Waals surface area contributed by atoms with Gasteiger partial charge in [-0.1, -0.05) is 64.7 Å². The van der Waals surface area contributed by atoms with Gasteiger partial charge in [0.2, 0.25) is 0 Å². The molecule has 2 aromatic carbocycles. The molecule has 0 aromatic heterocycles. The van der Waals surface area contributed by atoms with Gasteiger partial charge < -0.3 is 20.4 Å². The minimum Gasteiger partial charge on any atom is -0.504 e. The largest absolute Gasteiger partial charge is 0.504 e. The summed E-state index contributed by atoms with van der Waals surface area (Å²) in [5.74, 6) is -0.560. The first-order valence-electron chi connectivity index (χ1n) is 11.2. The maximum Gasteiger partial charge on any atom is 0.158 e. The molecule has 0 amide bonds. The van der Waals surface area contributed by atoms with Crippen molar-refractivity contribution in [1.82, 2.24) is 3.71 Å². The van der Waals surface area contributed by atoms with Gasteiger partial charge in [0.05, 0.1) is 0 Å². The molecule has 172 valence electrons. The van der Waals surface area contributed by atoms with Crippen molar-refractivity contribution < 1.29 is 20.4 Å². The number of hydrogen-bond acceptors (Lipinski definition) is 7. The molecular formula is C24H35NO4S2. The highest BCUT2D eigenvalue weighted by molar-refractivity contribution is 8.12. The molecule has 5 nitrogen and oxygen atoms in total. The monoisotopic (exact) mass is 465 g/mol. The zero-order chi connectivity index (χ0) is 22.5. The van der Waals surface area contributed by atoms with Crippen LogP contribution in [0, 0.1) is 0 Å². The number of rotatable bonds is 15. The van der Waals surface area contributed by atoms with E-state index >= 15 is 0 Å². The molecule has 0 radical (unpaired) electrons. The number of phenols is 4. The average Bonchev–Trinajstić information content (AvgIpc) is 2.74. The molecule has 2 rings (SSSR count). The van der Waals surface area contributed by atoms with Crippen LogP contribution < -0.4 is 0 Å². The molecule has 7 heteroatoms. The molecule has 31 heavy (non-hydrogen) atoms. The van der Waals surface area contributed by atoms with E-state index in [1.54, 1.807) is 24.3 Å². The molecule has 0 atom stereocenters. The molecule has 0 fully saturated rings. The number of nitrogens with zero attached hydrogens (tertiary/aromatic N) is 1. The lowest BCUT2D eigenvalue weighted by Gasteiger charge is -2.20. The summed E-state index contributed by atoms with van der Waals surface area (Å²) < 4.78 is 2.10. The summed E-state index contributed by atoms with van der Waals surface area (Å²) in [5, 5.41) is 38.7. The van der Waals surface area contributed by atoms with Crippen LogP contribution in [0.4, 0.5) is 0 Å². The Labute approximate surface area is 194 Å². The van der Waals surface area contributed by atoms with Gasteiger partial charge >= 0.3 is 0 Å². The van der Waals surface area contributed by atoms with Crippen LogP contribution in [0.15, 0.2) is 46.2 Å². The van der Waals surface area contributed by atoms with Crippen molar-refractivity contribution in [2.45, 2.75) is 80.9 Å². The van der Waals surface area contributed by atoms with Gasteiger partial charge in [0.1, 0.15) is 0 Å². The second-order valence-electron chi connectivity index (χ2n) is 7.72. The lowest BCUT2D eigenvalue weighted by molar-refractivity contribution is 0.402. The summed E-state index contributed by atoms with van der Waals surface area (Å²) >= 11 is 2.95. The zero-order valence-electron chi connectivity index (χ0n) is 18.3. The maximum atomic E-state index is 9.78. The van der Waals surface area contributed by atoms with Crippen LogP contribution >= 0.6 is 23.9 Å². The van der Waals surface area contributed by atoms with Crippen molar-refractivity contribution in [1.29, 1.82) is 0 Å². The Bertz CT molecular complexity index is 735. The Morgan fingerprint density at radius 3 is 1.42 bits per heavy atom. The van der Waals surface area contributed by atoms with Crippen molar-refractivity contribution in [3.8, 4) is 23.0 Å². The standard InChI is InChI=1S/C24H35NO4S2/c1-2-3-4-5-6-7-8-9-10-11-16-25(30-19-12-14-21(26)23(28)17-19)31-20-13-15-22(27)24(29)18-20/h12-15,17-18,26-29H,2-11,16H2,1H3. The highest BCUT2D eigenvalue weighted by Crippen LogP contribution is 2.39. The third kappa shape index (κ3) is 9.97. The molecule has 0 heterocycles. The maximum absolute atomic E-state index is 9.78. The zero-order valence-corrected chi connectivity index (χ0v) is 19.9. The number of benzene rings is 2. The van der Waals surface area contributed by atoms with Gasteiger partial charge in [-0.3, -0.25) is 0 Å². The van der Waals surface area contributed by atoms with E-state index in [0.29, 0.717) is 0 Å². The van der Waals surface area contributed by atoms with Crippen LogP contribution in [0.2, 0.25) is 0 Å². The first kappa shape index (κ1) is 25.6. The van der Waals surface area contributed by atoms with Gasteiger partial charge in [0.15, 0.2) is 23.0 Å². The smallest absolute Gasteiger partial charge is 0.158 e. The Hall–Kier alpha value is -1.70. The third-order valence-electron chi connectivity index (χ3n) is 5.00. The summed E-state index contributed by atoms with van der Waals surface area (Å²) in [6.45, 7) is 3.07. The number of aromatic hydroxyl groups is 4. The lowest BCUT2D eigenvalue weighted by atomic mass is 10.1. The molecule has 0 saturated carbocycles. The van der Waals surface area contributed by atoms with E-state index in [2.05, 4.69) is 10.6 Å². The molecule has 0 aliphatic rings. The van der Waals surface area contributed by atoms with Crippen LogP contribution in [0.25, 0.3) is 0 Å². The van der Waals surface area contributed by atoms with Gasteiger partial charge in [0.25, 0.3) is 0 Å². The predicted molar refractivity (Wildman–Crippen MR) is 130 cm³/mol. The molecular weight excluding hydrogens is 430 g/mol. The SMILES string of the molecule is CCCCCCCCCCCCN(Sc1ccc(O)c(O)c1)Sc1ccc(O)c(O)c1. The normalized spacial score (nSPS) is 11.3. The van der Waals surface area contributed by atoms with Crippen LogP contribution in [0.1, 0.15) is 71.1 Å². The molecule has 0 spiro atoms. The highest BCUT2D eigenvalue weighted by Gasteiger charge is 2.12. The Morgan fingerprint density at radius 2 is 1.00 bits per heavy atom. The predicted octanol–water partition coefficient (Wildman–Crippen LogP) is 7.45. The minimum absolute atomic E-state index is 0.137. The van der Waals surface area contributed by atoms with Crippen LogP contribution in [-0.4, -0.2) is 30.7 Å². The van der Waals surface area contributed by atoms with Crippen molar-refractivity contribution in [2.75, 3.05) is 6.54 Å². The highest BCUT2D eigenvalue weighted by atomic mass is 32.2. The molecule has 0 aliphatic carbocycles. The van der Waals surface area contributed by atoms with E-state index in [9.17, 15) is 20.4 Å². The fourth-order valence-electron chi connectivity index (χ4n) is 3.19. The van der Waals surface area contributed by atoms with Crippen LogP contribution in [0.5, 0.6) is 23.0 Å². The van der Waals surface area contributed by atoms with E-state index < -0.39 is 0 Å². The van der Waals surface area contributed by atoms with E-state index in [-0.39, 0.29) is 23.0 Å². The van der Waals surface area contributed by atoms with E-state index in [1.165, 1.54) is 87.4 Å². The fourth-order valence-corrected chi connectivity index (χ4v) is 5.36. The Kier molecular flexibility index (Phi) is 11.9. The second-order valence-corrected chi connectivity index (χ2v) is 10.1. The second kappa shape index (κ2) is 14.4. The topological polar surface area (TPSA) is 84.2 Å². The molecule has 0 unspecified atom stereocenters. The molecule has 2 aromatic rings. The Morgan fingerprint density at radius 1 is 0.581 bits per heavy atom. The van der Waals surface area contributed by atoms with Crippen LogP contribution in [0.3, 0.4) is 0 Å². The van der Waals surface area contributed by atoms with E-state index in [0.717, 1.165) is 29.2 Å². The van der Waals surface area contributed by atoms with E-state index in [4.69, 9.17) is 0 Å². The van der Waals surface area contributed by atoms with Gasteiger partial charge in [-0.05, 0) is 66.7 Å². The summed E-state index contributed by atoms with van der Waals surface area (Å²) in [5.41, 5.74) is 0. The third-order valence-corrected chi connectivity index (χ3v) is 7.15. The molecule has 0 bridgehead atoms. The molecule has 0 aliphatic heterocycles. The molecule has 4 N–H and O–H groups in total. The summed E-state index contributed by atoms with van der Waals surface area (Å²) in [6, 6.07) is 9.57. The van der Waals surface area contributed by atoms with Crippen molar-refractivity contribution in [2.24, 2.45) is 0 Å². The molecule has 0 saturated heterocycles. The summed E-state index contributed by atoms with van der Waals surface area (Å²) in [7, 11) is 0. The lowest BCUT2D eigenvalue weighted by Crippen LogP contribution is -2.08. The minimum atomic E-state index is -0.142. The van der Waals surface area contributed by atoms with E-state index in [1.807, 2.05) is 0 Å². The number of phenolic OH excluding ortho intramolecular Hbond substituents is 4. The summed E-state index contributed by atoms with van der Waals surface area (Å²) in [4.78, 5) is 1.63. The number of hydrogen-bond donors (Lipinski definition) is 4. The quantitative estimate of drug-likeness (QED) is 0.123. The number of unbranched alkanes of at least 4 members (excludes halogenated alkanes) is 9. The first-order valence-corrected chi connectivity index (χ1v) is 12.7.